The zero-order valence-electron chi connectivity index (χ0n) is 26.3. The van der Waals surface area contributed by atoms with Gasteiger partial charge in [0.25, 0.3) is 5.91 Å². The Labute approximate surface area is 268 Å². The van der Waals surface area contributed by atoms with Gasteiger partial charge in [-0.3, -0.25) is 9.89 Å². The highest BCUT2D eigenvalue weighted by molar-refractivity contribution is 7.99. The number of hydrogen-bond acceptors (Lipinski definition) is 8. The third-order valence-electron chi connectivity index (χ3n) is 8.45. The first-order valence-electron chi connectivity index (χ1n) is 15.1. The quantitative estimate of drug-likeness (QED) is 0.261. The van der Waals surface area contributed by atoms with Crippen molar-refractivity contribution < 1.29 is 22.0 Å². The van der Waals surface area contributed by atoms with Crippen LogP contribution in [0, 0.1) is 11.6 Å². The van der Waals surface area contributed by atoms with Gasteiger partial charge in [-0.2, -0.15) is 21.2 Å². The number of benzene rings is 2. The van der Waals surface area contributed by atoms with Crippen LogP contribution in [-0.2, 0) is 22.1 Å². The van der Waals surface area contributed by atoms with Crippen LogP contribution in [0.25, 0.3) is 0 Å². The van der Waals surface area contributed by atoms with Gasteiger partial charge >= 0.3 is 0 Å². The van der Waals surface area contributed by atoms with Gasteiger partial charge in [-0.25, -0.2) is 17.2 Å². The Balaban J connectivity index is 1.42. The summed E-state index contributed by atoms with van der Waals surface area (Å²) in [5, 5.41) is 13.7. The molecule has 10 nitrogen and oxygen atoms in total. The monoisotopic (exact) mass is 661 g/mol. The van der Waals surface area contributed by atoms with Crippen molar-refractivity contribution in [3.8, 4) is 0 Å². The maximum Gasteiger partial charge on any atom is 0.258 e. The fourth-order valence-electron chi connectivity index (χ4n) is 5.86. The summed E-state index contributed by atoms with van der Waals surface area (Å²) in [6.45, 7) is 7.86. The minimum Gasteiger partial charge on any atom is -0.382 e. The third-order valence-corrected chi connectivity index (χ3v) is 11.5. The molecule has 1 fully saturated rings. The number of H-pyrrole nitrogens is 1. The molecule has 0 radical (unpaired) electrons. The zero-order valence-corrected chi connectivity index (χ0v) is 27.9. The molecule has 2 aromatic carbocycles. The number of amides is 1. The van der Waals surface area contributed by atoms with Gasteiger partial charge in [0.1, 0.15) is 11.6 Å². The Hall–Kier alpha value is -3.20. The summed E-state index contributed by atoms with van der Waals surface area (Å²) in [6, 6.07) is 8.25. The molecule has 244 valence electrons. The van der Waals surface area contributed by atoms with Gasteiger partial charge in [-0.05, 0) is 89.5 Å². The molecule has 0 atom stereocenters. The number of aromatic amines is 1. The van der Waals surface area contributed by atoms with E-state index in [2.05, 4.69) is 37.6 Å². The molecule has 1 aromatic heterocycles. The van der Waals surface area contributed by atoms with Crippen LogP contribution < -0.4 is 15.5 Å². The van der Waals surface area contributed by atoms with Crippen LogP contribution in [0.2, 0.25) is 0 Å². The van der Waals surface area contributed by atoms with E-state index >= 15 is 0 Å². The van der Waals surface area contributed by atoms with Gasteiger partial charge in [0.15, 0.2) is 5.82 Å². The number of sulfonamides is 1. The van der Waals surface area contributed by atoms with Gasteiger partial charge in [-0.1, -0.05) is 0 Å². The zero-order chi connectivity index (χ0) is 32.5. The van der Waals surface area contributed by atoms with Gasteiger partial charge < -0.3 is 20.4 Å². The Morgan fingerprint density at radius 2 is 1.80 bits per heavy atom. The van der Waals surface area contributed by atoms with E-state index in [1.54, 1.807) is 13.8 Å². The number of carbonyl (C=O) groups is 1. The first-order chi connectivity index (χ1) is 21.3. The SMILES string of the molecule is CCN(CCN(C)C)c1ccc(C(=O)Nc2n[nH]c3c2CN(S(=O)(=O)c2cc(F)cc(F)c2)C3(C)C)c(NC2CCSCC2)c1. The van der Waals surface area contributed by atoms with Crippen LogP contribution in [-0.4, -0.2) is 85.0 Å². The molecule has 5 rings (SSSR count). The summed E-state index contributed by atoms with van der Waals surface area (Å²) in [7, 11) is -0.222. The molecule has 2 aliphatic heterocycles. The van der Waals surface area contributed by atoms with E-state index in [0.29, 0.717) is 22.9 Å². The molecule has 1 amide bonds. The molecule has 2 aliphatic rings. The van der Waals surface area contributed by atoms with Crippen molar-refractivity contribution in [3.05, 3.63) is 64.9 Å². The normalized spacial score (nSPS) is 17.0. The molecule has 0 bridgehead atoms. The molecule has 0 aliphatic carbocycles. The van der Waals surface area contributed by atoms with Gasteiger partial charge in [-0.15, -0.1) is 0 Å². The average Bonchev–Trinajstić information content (AvgIpc) is 3.51. The summed E-state index contributed by atoms with van der Waals surface area (Å²) >= 11 is 1.93. The number of aromatic nitrogens is 2. The first kappa shape index (κ1) is 33.2. The number of fused-ring (bicyclic) bond motifs is 1. The van der Waals surface area contributed by atoms with E-state index in [0.717, 1.165) is 71.8 Å². The third kappa shape index (κ3) is 6.98. The largest absolute Gasteiger partial charge is 0.382 e. The Morgan fingerprint density at radius 3 is 2.44 bits per heavy atom. The molecule has 14 heteroatoms. The second-order valence-corrected chi connectivity index (χ2v) is 15.3. The Bertz CT molecular complexity index is 1640. The van der Waals surface area contributed by atoms with E-state index in [1.807, 2.05) is 44.1 Å². The molecule has 3 N–H and O–H groups in total. The average molecular weight is 662 g/mol. The van der Waals surface area contributed by atoms with Crippen LogP contribution in [0.3, 0.4) is 0 Å². The van der Waals surface area contributed by atoms with Gasteiger partial charge in [0, 0.05) is 55.2 Å². The lowest BCUT2D eigenvalue weighted by Gasteiger charge is -2.30. The van der Waals surface area contributed by atoms with Crippen molar-refractivity contribution in [2.45, 2.75) is 56.6 Å². The minimum atomic E-state index is -4.30. The van der Waals surface area contributed by atoms with Crippen LogP contribution >= 0.6 is 11.8 Å². The number of hydrogen-bond donors (Lipinski definition) is 3. The number of nitrogens with zero attached hydrogens (tertiary/aromatic N) is 4. The molecule has 0 saturated carbocycles. The van der Waals surface area contributed by atoms with Crippen LogP contribution in [0.5, 0.6) is 0 Å². The van der Waals surface area contributed by atoms with Crippen molar-refractivity contribution in [2.75, 3.05) is 60.8 Å². The highest BCUT2D eigenvalue weighted by Crippen LogP contribution is 2.44. The lowest BCUT2D eigenvalue weighted by molar-refractivity contribution is 0.102. The van der Waals surface area contributed by atoms with Crippen LogP contribution in [0.15, 0.2) is 41.3 Å². The predicted molar refractivity (Wildman–Crippen MR) is 176 cm³/mol. The highest BCUT2D eigenvalue weighted by atomic mass is 32.2. The number of anilines is 3. The molecular weight excluding hydrogens is 621 g/mol. The van der Waals surface area contributed by atoms with Crippen molar-refractivity contribution in [2.24, 2.45) is 0 Å². The lowest BCUT2D eigenvalue weighted by Crippen LogP contribution is -2.40. The summed E-state index contributed by atoms with van der Waals surface area (Å²) < 4.78 is 56.2. The minimum absolute atomic E-state index is 0.143. The van der Waals surface area contributed by atoms with E-state index in [9.17, 15) is 22.0 Å². The number of halogens is 2. The van der Waals surface area contributed by atoms with E-state index in [-0.39, 0.29) is 24.3 Å². The Kier molecular flexibility index (Phi) is 9.78. The molecule has 3 aromatic rings. The smallest absolute Gasteiger partial charge is 0.258 e. The molecule has 45 heavy (non-hydrogen) atoms. The van der Waals surface area contributed by atoms with Crippen molar-refractivity contribution >= 4 is 44.9 Å². The standard InChI is InChI=1S/C31H41F2N7O3S2/c1-6-39(12-11-38(4)5)23-7-8-25(27(18-23)34-22-9-13-44-14-10-22)30(41)35-29-26-19-40(31(2,3)28(26)36-37-29)45(42,43)24-16-20(32)15-21(33)17-24/h7-8,15-18,22,34H,6,9-14,19H2,1-5H3,(H2,35,36,37,41). The molecule has 3 heterocycles. The first-order valence-corrected chi connectivity index (χ1v) is 17.7. The number of rotatable bonds is 11. The number of thioether (sulfide) groups is 1. The summed E-state index contributed by atoms with van der Waals surface area (Å²) in [5.41, 5.74) is 2.05. The lowest BCUT2D eigenvalue weighted by atomic mass is 10.0. The molecule has 0 unspecified atom stereocenters. The second-order valence-electron chi connectivity index (χ2n) is 12.2. The van der Waals surface area contributed by atoms with Crippen molar-refractivity contribution in [1.29, 1.82) is 0 Å². The van der Waals surface area contributed by atoms with E-state index in [4.69, 9.17) is 0 Å². The predicted octanol–water partition coefficient (Wildman–Crippen LogP) is 5.08. The molecular formula is C31H41F2N7O3S2. The topological polar surface area (TPSA) is 114 Å². The van der Waals surface area contributed by atoms with Gasteiger partial charge in [0.2, 0.25) is 10.0 Å². The number of nitrogens with one attached hydrogen (secondary N) is 3. The summed E-state index contributed by atoms with van der Waals surface area (Å²) in [6.07, 6.45) is 1.99. The van der Waals surface area contributed by atoms with Gasteiger partial charge in [0.05, 0.1) is 21.7 Å². The molecule has 1 saturated heterocycles. The maximum absolute atomic E-state index is 14.0. The summed E-state index contributed by atoms with van der Waals surface area (Å²) in [5.74, 6) is -0.0382. The summed E-state index contributed by atoms with van der Waals surface area (Å²) in [4.78, 5) is 17.8. The number of likely N-dealkylation sites (N-methyl/N-ethyl adjacent to an activating group) is 2. The maximum atomic E-state index is 14.0. The fourth-order valence-corrected chi connectivity index (χ4v) is 8.73. The van der Waals surface area contributed by atoms with Crippen molar-refractivity contribution in [3.63, 3.8) is 0 Å². The highest BCUT2D eigenvalue weighted by Gasteiger charge is 2.48. The van der Waals surface area contributed by atoms with E-state index in [1.165, 1.54) is 0 Å². The van der Waals surface area contributed by atoms with Crippen LogP contribution in [0.4, 0.5) is 26.0 Å². The van der Waals surface area contributed by atoms with Crippen molar-refractivity contribution in [1.82, 2.24) is 19.4 Å². The Morgan fingerprint density at radius 1 is 1.11 bits per heavy atom. The second kappa shape index (κ2) is 13.3. The fraction of sp³-hybridized carbons (Fsp3) is 0.484. The molecule has 0 spiro atoms. The van der Waals surface area contributed by atoms with E-state index < -0.39 is 32.1 Å². The van der Waals surface area contributed by atoms with Crippen LogP contribution in [0.1, 0.15) is 55.2 Å². The number of carbonyl (C=O) groups excluding carboxylic acids is 1.